The molecule has 0 bridgehead atoms. The maximum Gasteiger partial charge on any atom is 0.329 e. The molecule has 1 aliphatic carbocycles. The molecule has 0 atom stereocenters. The first-order valence-corrected chi connectivity index (χ1v) is 6.87. The van der Waals surface area contributed by atoms with Crippen molar-refractivity contribution in [2.45, 2.75) is 51.5 Å². The van der Waals surface area contributed by atoms with Crippen LogP contribution in [0.1, 0.15) is 44.9 Å². The first-order valence-electron chi connectivity index (χ1n) is 6.87. The molecule has 1 fully saturated rings. The summed E-state index contributed by atoms with van der Waals surface area (Å²) in [5.41, 5.74) is -0.869. The highest BCUT2D eigenvalue weighted by atomic mass is 16.4. The Morgan fingerprint density at radius 2 is 2.21 bits per heavy atom. The van der Waals surface area contributed by atoms with Crippen molar-refractivity contribution < 1.29 is 9.90 Å². The van der Waals surface area contributed by atoms with Gasteiger partial charge in [0, 0.05) is 6.20 Å². The number of aliphatic carboxylic acids is 1. The van der Waals surface area contributed by atoms with Gasteiger partial charge < -0.3 is 10.4 Å². The predicted molar refractivity (Wildman–Crippen MR) is 73.0 cm³/mol. The molecule has 0 saturated heterocycles. The first kappa shape index (κ1) is 13.8. The second-order valence-electron chi connectivity index (χ2n) is 5.35. The second-order valence-corrected chi connectivity index (χ2v) is 5.35. The van der Waals surface area contributed by atoms with Crippen LogP contribution in [0.25, 0.3) is 0 Å². The number of carbonyl (C=O) groups is 1. The lowest BCUT2D eigenvalue weighted by atomic mass is 9.75. The number of hydrogen-bond donors (Lipinski definition) is 2. The minimum Gasteiger partial charge on any atom is -0.480 e. The lowest BCUT2D eigenvalue weighted by Crippen LogP contribution is -2.49. The average molecular weight is 263 g/mol. The van der Waals surface area contributed by atoms with Gasteiger partial charge in [0.15, 0.2) is 0 Å². The van der Waals surface area contributed by atoms with E-state index in [2.05, 4.69) is 22.2 Å². The molecule has 1 aromatic rings. The van der Waals surface area contributed by atoms with Crippen molar-refractivity contribution in [1.82, 2.24) is 9.97 Å². The van der Waals surface area contributed by atoms with Crippen molar-refractivity contribution in [2.75, 3.05) is 5.32 Å². The van der Waals surface area contributed by atoms with Gasteiger partial charge >= 0.3 is 5.97 Å². The number of aryl methyl sites for hydroxylation is 1. The molecule has 1 heterocycles. The zero-order valence-corrected chi connectivity index (χ0v) is 11.5. The fourth-order valence-electron chi connectivity index (χ4n) is 2.74. The van der Waals surface area contributed by atoms with Gasteiger partial charge in [-0.15, -0.1) is 0 Å². The molecule has 1 saturated carbocycles. The summed E-state index contributed by atoms with van der Waals surface area (Å²) in [4.78, 5) is 19.9. The summed E-state index contributed by atoms with van der Waals surface area (Å²) in [6.07, 6.45) is 6.01. The number of nitrogens with zero attached hydrogens (tertiary/aromatic N) is 2. The molecule has 2 N–H and O–H groups in total. The van der Waals surface area contributed by atoms with Crippen LogP contribution in [0.4, 0.5) is 5.82 Å². The van der Waals surface area contributed by atoms with Gasteiger partial charge in [-0.25, -0.2) is 14.8 Å². The standard InChI is InChI=1S/C14H21N3O2/c1-3-11-4-7-14(8-5-11,13(18)19)17-12-6-9-15-10(2)16-12/h6,9,11H,3-5,7-8H2,1-2H3,(H,18,19)(H,15,16,17). The molecular weight excluding hydrogens is 242 g/mol. The van der Waals surface area contributed by atoms with Crippen LogP contribution in [-0.4, -0.2) is 26.6 Å². The van der Waals surface area contributed by atoms with Crippen LogP contribution in [0.3, 0.4) is 0 Å². The minimum absolute atomic E-state index is 0.602. The number of aromatic nitrogens is 2. The van der Waals surface area contributed by atoms with Gasteiger partial charge in [0.25, 0.3) is 0 Å². The Kier molecular flexibility index (Phi) is 4.02. The summed E-state index contributed by atoms with van der Waals surface area (Å²) in [6.45, 7) is 3.96. The largest absolute Gasteiger partial charge is 0.480 e. The molecule has 0 unspecified atom stereocenters. The van der Waals surface area contributed by atoms with Crippen LogP contribution < -0.4 is 5.32 Å². The molecule has 0 aromatic carbocycles. The van der Waals surface area contributed by atoms with Gasteiger partial charge in [0.05, 0.1) is 0 Å². The van der Waals surface area contributed by atoms with Crippen molar-refractivity contribution in [1.29, 1.82) is 0 Å². The fourth-order valence-corrected chi connectivity index (χ4v) is 2.74. The number of carboxylic acid groups (broad SMARTS) is 1. The quantitative estimate of drug-likeness (QED) is 0.873. The van der Waals surface area contributed by atoms with E-state index >= 15 is 0 Å². The van der Waals surface area contributed by atoms with Gasteiger partial charge in [-0.05, 0) is 44.6 Å². The Balaban J connectivity index is 2.15. The molecule has 1 aromatic heterocycles. The maximum absolute atomic E-state index is 11.7. The van der Waals surface area contributed by atoms with Crippen molar-refractivity contribution >= 4 is 11.8 Å². The molecule has 19 heavy (non-hydrogen) atoms. The Morgan fingerprint density at radius 3 is 2.74 bits per heavy atom. The lowest BCUT2D eigenvalue weighted by Gasteiger charge is -2.37. The average Bonchev–Trinajstić information content (AvgIpc) is 2.39. The van der Waals surface area contributed by atoms with Crippen LogP contribution in [-0.2, 0) is 4.79 Å². The van der Waals surface area contributed by atoms with Crippen molar-refractivity contribution in [3.63, 3.8) is 0 Å². The summed E-state index contributed by atoms with van der Waals surface area (Å²) in [5, 5.41) is 12.7. The van der Waals surface area contributed by atoms with E-state index in [0.29, 0.717) is 30.4 Å². The summed E-state index contributed by atoms with van der Waals surface area (Å²) in [5.74, 6) is 1.12. The van der Waals surface area contributed by atoms with E-state index in [1.807, 2.05) is 0 Å². The van der Waals surface area contributed by atoms with Gasteiger partial charge in [-0.3, -0.25) is 0 Å². The first-order chi connectivity index (χ1) is 9.05. The van der Waals surface area contributed by atoms with E-state index in [1.165, 1.54) is 0 Å². The van der Waals surface area contributed by atoms with Crippen molar-refractivity contribution in [3.05, 3.63) is 18.1 Å². The minimum atomic E-state index is -0.869. The molecule has 5 heteroatoms. The van der Waals surface area contributed by atoms with E-state index in [4.69, 9.17) is 0 Å². The van der Waals surface area contributed by atoms with E-state index in [-0.39, 0.29) is 0 Å². The zero-order chi connectivity index (χ0) is 13.9. The molecule has 0 amide bonds. The monoisotopic (exact) mass is 263 g/mol. The summed E-state index contributed by atoms with van der Waals surface area (Å²) >= 11 is 0. The number of hydrogen-bond acceptors (Lipinski definition) is 4. The van der Waals surface area contributed by atoms with Crippen LogP contribution in [0, 0.1) is 12.8 Å². The van der Waals surface area contributed by atoms with Crippen LogP contribution in [0.15, 0.2) is 12.3 Å². The number of anilines is 1. The van der Waals surface area contributed by atoms with Gasteiger partial charge in [0.1, 0.15) is 17.2 Å². The Labute approximate surface area is 113 Å². The SMILES string of the molecule is CCC1CCC(Nc2ccnc(C)n2)(C(=O)O)CC1. The predicted octanol–water partition coefficient (Wildman–Crippen LogP) is 2.62. The zero-order valence-electron chi connectivity index (χ0n) is 11.5. The summed E-state index contributed by atoms with van der Waals surface area (Å²) in [7, 11) is 0. The molecule has 5 nitrogen and oxygen atoms in total. The number of carboxylic acids is 1. The van der Waals surface area contributed by atoms with Crippen LogP contribution in [0.2, 0.25) is 0 Å². The topological polar surface area (TPSA) is 75.1 Å². The molecule has 0 aliphatic heterocycles. The van der Waals surface area contributed by atoms with E-state index < -0.39 is 11.5 Å². The third-order valence-corrected chi connectivity index (χ3v) is 4.09. The Bertz CT molecular complexity index is 454. The highest BCUT2D eigenvalue weighted by Gasteiger charge is 2.41. The highest BCUT2D eigenvalue weighted by molar-refractivity contribution is 5.82. The maximum atomic E-state index is 11.7. The molecule has 0 spiro atoms. The van der Waals surface area contributed by atoms with Crippen LogP contribution >= 0.6 is 0 Å². The Morgan fingerprint density at radius 1 is 1.53 bits per heavy atom. The van der Waals surface area contributed by atoms with Crippen molar-refractivity contribution in [3.8, 4) is 0 Å². The highest BCUT2D eigenvalue weighted by Crippen LogP contribution is 2.36. The molecule has 0 radical (unpaired) electrons. The third kappa shape index (κ3) is 3.03. The normalized spacial score (nSPS) is 26.9. The molecule has 1 aliphatic rings. The Hall–Kier alpha value is -1.65. The summed E-state index contributed by atoms with van der Waals surface area (Å²) < 4.78 is 0. The molecule has 2 rings (SSSR count). The summed E-state index contributed by atoms with van der Waals surface area (Å²) in [6, 6.07) is 1.73. The van der Waals surface area contributed by atoms with Gasteiger partial charge in [-0.1, -0.05) is 13.3 Å². The number of rotatable bonds is 4. The van der Waals surface area contributed by atoms with E-state index in [0.717, 1.165) is 19.3 Å². The lowest BCUT2D eigenvalue weighted by molar-refractivity contribution is -0.143. The van der Waals surface area contributed by atoms with Crippen molar-refractivity contribution in [2.24, 2.45) is 5.92 Å². The van der Waals surface area contributed by atoms with E-state index in [1.54, 1.807) is 19.2 Å². The number of nitrogens with one attached hydrogen (secondary N) is 1. The fraction of sp³-hybridized carbons (Fsp3) is 0.643. The van der Waals surface area contributed by atoms with Gasteiger partial charge in [0.2, 0.25) is 0 Å². The van der Waals surface area contributed by atoms with Crippen LogP contribution in [0.5, 0.6) is 0 Å². The smallest absolute Gasteiger partial charge is 0.329 e. The molecule has 104 valence electrons. The third-order valence-electron chi connectivity index (χ3n) is 4.09. The second kappa shape index (κ2) is 5.55. The molecular formula is C14H21N3O2. The van der Waals surface area contributed by atoms with E-state index in [9.17, 15) is 9.90 Å². The van der Waals surface area contributed by atoms with Gasteiger partial charge in [-0.2, -0.15) is 0 Å².